The van der Waals surface area contributed by atoms with Crippen molar-refractivity contribution in [3.8, 4) is 0 Å². The van der Waals surface area contributed by atoms with Gasteiger partial charge in [-0.3, -0.25) is 0 Å². The summed E-state index contributed by atoms with van der Waals surface area (Å²) in [4.78, 5) is 14.1. The van der Waals surface area contributed by atoms with Crippen molar-refractivity contribution in [2.45, 2.75) is 64.3 Å². The molecule has 2 aliphatic rings. The minimum atomic E-state index is -0.435. The van der Waals surface area contributed by atoms with Gasteiger partial charge in [-0.1, -0.05) is 38.3 Å². The van der Waals surface area contributed by atoms with E-state index in [9.17, 15) is 9.90 Å². The maximum absolute atomic E-state index is 12.4. The van der Waals surface area contributed by atoms with Crippen LogP contribution in [0, 0.1) is 5.92 Å². The molecule has 0 aromatic heterocycles. The number of β-amino-alcohol motifs (C(OH)–C–C–N with tert-alkyl or cyclic N) is 1. The number of hydrogen-bond donors (Lipinski definition) is 2. The lowest BCUT2D eigenvalue weighted by atomic mass is 9.96. The van der Waals surface area contributed by atoms with Crippen molar-refractivity contribution < 1.29 is 14.6 Å². The molecule has 138 valence electrons. The second-order valence-electron chi connectivity index (χ2n) is 7.48. The van der Waals surface area contributed by atoms with Gasteiger partial charge in [-0.25, -0.2) is 4.79 Å². The molecule has 2 unspecified atom stereocenters. The number of ether oxygens (including phenoxy) is 1. The van der Waals surface area contributed by atoms with Crippen LogP contribution in [0.15, 0.2) is 24.3 Å². The smallest absolute Gasteiger partial charge is 0.321 e. The van der Waals surface area contributed by atoms with Crippen LogP contribution < -0.4 is 5.32 Å². The van der Waals surface area contributed by atoms with Gasteiger partial charge in [0.1, 0.15) is 0 Å². The molecule has 2 amide bonds. The van der Waals surface area contributed by atoms with Crippen LogP contribution >= 0.6 is 0 Å². The van der Waals surface area contributed by atoms with E-state index in [1.807, 2.05) is 31.2 Å². The van der Waals surface area contributed by atoms with Gasteiger partial charge in [0.2, 0.25) is 0 Å². The molecule has 0 spiro atoms. The molecule has 2 atom stereocenters. The first-order valence-electron chi connectivity index (χ1n) is 9.56. The molecule has 1 aliphatic heterocycles. The molecule has 5 nitrogen and oxygen atoms in total. The Balaban J connectivity index is 1.51. The van der Waals surface area contributed by atoms with Crippen molar-refractivity contribution in [1.29, 1.82) is 0 Å². The quantitative estimate of drug-likeness (QED) is 0.872. The molecule has 5 heteroatoms. The lowest BCUT2D eigenvalue weighted by Gasteiger charge is -2.34. The van der Waals surface area contributed by atoms with Crippen LogP contribution in [0.25, 0.3) is 0 Å². The Bertz CT molecular complexity index is 572. The summed E-state index contributed by atoms with van der Waals surface area (Å²) in [7, 11) is 0. The van der Waals surface area contributed by atoms with Gasteiger partial charge < -0.3 is 20.1 Å². The number of aliphatic hydroxyl groups excluding tert-OH is 1. The van der Waals surface area contributed by atoms with Crippen molar-refractivity contribution >= 4 is 11.7 Å². The number of benzene rings is 1. The Morgan fingerprint density at radius 3 is 2.84 bits per heavy atom. The predicted octanol–water partition coefficient (Wildman–Crippen LogP) is 3.77. The number of rotatable bonds is 4. The lowest BCUT2D eigenvalue weighted by Crippen LogP contribution is -2.47. The first kappa shape index (κ1) is 18.2. The van der Waals surface area contributed by atoms with E-state index < -0.39 is 6.10 Å². The first-order valence-corrected chi connectivity index (χ1v) is 9.56. The molecule has 1 saturated heterocycles. The van der Waals surface area contributed by atoms with Crippen LogP contribution in [0.4, 0.5) is 10.5 Å². The maximum Gasteiger partial charge on any atom is 0.321 e. The topological polar surface area (TPSA) is 61.8 Å². The number of anilines is 1. The van der Waals surface area contributed by atoms with E-state index in [2.05, 4.69) is 5.32 Å². The monoisotopic (exact) mass is 346 g/mol. The fourth-order valence-electron chi connectivity index (χ4n) is 3.62. The van der Waals surface area contributed by atoms with E-state index >= 15 is 0 Å². The van der Waals surface area contributed by atoms with Crippen LogP contribution in [0.2, 0.25) is 0 Å². The number of nitrogens with one attached hydrogen (secondary N) is 1. The second-order valence-corrected chi connectivity index (χ2v) is 7.48. The van der Waals surface area contributed by atoms with E-state index in [0.29, 0.717) is 25.8 Å². The highest BCUT2D eigenvalue weighted by atomic mass is 16.5. The van der Waals surface area contributed by atoms with Crippen LogP contribution in [-0.2, 0) is 11.3 Å². The van der Waals surface area contributed by atoms with E-state index in [1.54, 1.807) is 4.90 Å². The molecule has 25 heavy (non-hydrogen) atoms. The zero-order valence-corrected chi connectivity index (χ0v) is 15.1. The molecular formula is C20H30N2O3. The number of amides is 2. The van der Waals surface area contributed by atoms with Gasteiger partial charge in [-0.05, 0) is 42.9 Å². The fraction of sp³-hybridized carbons (Fsp3) is 0.650. The number of hydrogen-bond acceptors (Lipinski definition) is 3. The number of likely N-dealkylation sites (tertiary alicyclic amines) is 1. The summed E-state index contributed by atoms with van der Waals surface area (Å²) in [5.74, 6) is 0.254. The molecule has 1 heterocycles. The van der Waals surface area contributed by atoms with Gasteiger partial charge >= 0.3 is 6.03 Å². The molecular weight excluding hydrogens is 316 g/mol. The van der Waals surface area contributed by atoms with Crippen molar-refractivity contribution in [3.63, 3.8) is 0 Å². The molecule has 2 N–H and O–H groups in total. The van der Waals surface area contributed by atoms with Crippen molar-refractivity contribution in [3.05, 3.63) is 29.8 Å². The summed E-state index contributed by atoms with van der Waals surface area (Å²) in [6.45, 7) is 3.70. The zero-order valence-electron chi connectivity index (χ0n) is 15.1. The second kappa shape index (κ2) is 8.68. The highest BCUT2D eigenvalue weighted by molar-refractivity contribution is 5.89. The third-order valence-electron chi connectivity index (χ3n) is 5.42. The van der Waals surface area contributed by atoms with Gasteiger partial charge in [0.05, 0.1) is 18.8 Å². The summed E-state index contributed by atoms with van der Waals surface area (Å²) in [6.07, 6.45) is 6.95. The van der Waals surface area contributed by atoms with Gasteiger partial charge in [-0.2, -0.15) is 0 Å². The number of carbonyl (C=O) groups excluding carboxylic acids is 1. The largest absolute Gasteiger partial charge is 0.391 e. The molecule has 1 saturated carbocycles. The summed E-state index contributed by atoms with van der Waals surface area (Å²) in [5, 5.41) is 12.9. The summed E-state index contributed by atoms with van der Waals surface area (Å²) < 4.78 is 6.01. The highest BCUT2D eigenvalue weighted by Crippen LogP contribution is 2.22. The third-order valence-corrected chi connectivity index (χ3v) is 5.42. The molecule has 1 aliphatic carbocycles. The molecule has 1 aromatic carbocycles. The van der Waals surface area contributed by atoms with E-state index in [0.717, 1.165) is 30.5 Å². The highest BCUT2D eigenvalue weighted by Gasteiger charge is 2.27. The Morgan fingerprint density at radius 1 is 1.28 bits per heavy atom. The summed E-state index contributed by atoms with van der Waals surface area (Å²) >= 11 is 0. The zero-order chi connectivity index (χ0) is 17.6. The average molecular weight is 346 g/mol. The Labute approximate surface area is 150 Å². The van der Waals surface area contributed by atoms with E-state index in [-0.39, 0.29) is 11.9 Å². The van der Waals surface area contributed by atoms with E-state index in [1.165, 1.54) is 19.3 Å². The maximum atomic E-state index is 12.4. The van der Waals surface area contributed by atoms with Gasteiger partial charge in [-0.15, -0.1) is 0 Å². The number of carbonyl (C=O) groups is 1. The van der Waals surface area contributed by atoms with Crippen LogP contribution in [0.1, 0.15) is 51.0 Å². The minimum Gasteiger partial charge on any atom is -0.391 e. The third kappa shape index (κ3) is 5.19. The molecule has 2 fully saturated rings. The minimum absolute atomic E-state index is 0.142. The number of urea groups is 1. The van der Waals surface area contributed by atoms with Crippen LogP contribution in [-0.4, -0.2) is 41.3 Å². The summed E-state index contributed by atoms with van der Waals surface area (Å²) in [6, 6.07) is 7.71. The van der Waals surface area contributed by atoms with Crippen LogP contribution in [0.5, 0.6) is 0 Å². The van der Waals surface area contributed by atoms with Gasteiger partial charge in [0.15, 0.2) is 0 Å². The number of aliphatic hydroxyl groups is 1. The van der Waals surface area contributed by atoms with Gasteiger partial charge in [0.25, 0.3) is 0 Å². The Morgan fingerprint density at radius 2 is 2.08 bits per heavy atom. The average Bonchev–Trinajstić information content (AvgIpc) is 2.63. The number of piperidine rings is 1. The molecule has 3 rings (SSSR count). The Hall–Kier alpha value is -1.59. The summed E-state index contributed by atoms with van der Waals surface area (Å²) in [5.41, 5.74) is 1.86. The predicted molar refractivity (Wildman–Crippen MR) is 98.5 cm³/mol. The Kier molecular flexibility index (Phi) is 6.32. The number of nitrogens with zero attached hydrogens (tertiary/aromatic N) is 1. The fourth-order valence-corrected chi connectivity index (χ4v) is 3.62. The normalized spacial score (nSPS) is 25.0. The van der Waals surface area contributed by atoms with Gasteiger partial charge in [0, 0.05) is 18.8 Å². The van der Waals surface area contributed by atoms with Crippen molar-refractivity contribution in [2.75, 3.05) is 18.4 Å². The molecule has 0 bridgehead atoms. The SMILES string of the molecule is CC1CCN(C(=O)Nc2cccc(COC3CCCCC3)c2)CC1O. The lowest BCUT2D eigenvalue weighted by molar-refractivity contribution is 0.0169. The van der Waals surface area contributed by atoms with E-state index in [4.69, 9.17) is 4.74 Å². The molecule has 0 radical (unpaired) electrons. The molecule has 1 aromatic rings. The van der Waals surface area contributed by atoms with Crippen molar-refractivity contribution in [2.24, 2.45) is 5.92 Å². The van der Waals surface area contributed by atoms with Crippen molar-refractivity contribution in [1.82, 2.24) is 4.90 Å². The first-order chi connectivity index (χ1) is 12.1. The standard InChI is InChI=1S/C20H30N2O3/c1-15-10-11-22(13-19(15)23)20(24)21-17-7-5-6-16(12-17)14-25-18-8-3-2-4-9-18/h5-7,12,15,18-19,23H,2-4,8-11,13-14H2,1H3,(H,21,24). The van der Waals surface area contributed by atoms with Crippen LogP contribution in [0.3, 0.4) is 0 Å².